The Balaban J connectivity index is 3.23. The van der Waals surface area contributed by atoms with Crippen LogP contribution in [0.15, 0.2) is 16.8 Å². The molecule has 0 radical (unpaired) electrons. The molecule has 0 saturated carbocycles. The summed E-state index contributed by atoms with van der Waals surface area (Å²) in [5.74, 6) is -0.250. The third-order valence-electron chi connectivity index (χ3n) is 2.35. The van der Waals surface area contributed by atoms with Crippen molar-refractivity contribution in [2.75, 3.05) is 6.61 Å². The standard InChI is InChI=1S/C12H14F3N3O2/c1-8(20)5-10(16-2)7-18-11(12(13,14)15)6-9(17-18)3-4-19/h6-7,19H,2-5H2,1H3/b10-7+. The summed E-state index contributed by atoms with van der Waals surface area (Å²) in [4.78, 5) is 14.5. The fourth-order valence-electron chi connectivity index (χ4n) is 1.53. The van der Waals surface area contributed by atoms with Crippen LogP contribution in [0.1, 0.15) is 24.7 Å². The normalized spacial score (nSPS) is 12.6. The van der Waals surface area contributed by atoms with Gasteiger partial charge in [-0.1, -0.05) is 0 Å². The Labute approximate surface area is 113 Å². The maximum atomic E-state index is 12.9. The van der Waals surface area contributed by atoms with Gasteiger partial charge in [-0.2, -0.15) is 18.3 Å². The molecular weight excluding hydrogens is 275 g/mol. The highest BCUT2D eigenvalue weighted by molar-refractivity contribution is 5.79. The van der Waals surface area contributed by atoms with Gasteiger partial charge in [0.25, 0.3) is 0 Å². The van der Waals surface area contributed by atoms with Gasteiger partial charge in [-0.15, -0.1) is 0 Å². The van der Waals surface area contributed by atoms with E-state index in [1.54, 1.807) is 0 Å². The molecule has 1 aromatic heterocycles. The number of rotatable bonds is 6. The monoisotopic (exact) mass is 289 g/mol. The van der Waals surface area contributed by atoms with Gasteiger partial charge >= 0.3 is 6.18 Å². The van der Waals surface area contributed by atoms with Crippen molar-refractivity contribution in [1.29, 1.82) is 0 Å². The Morgan fingerprint density at radius 3 is 2.70 bits per heavy atom. The summed E-state index contributed by atoms with van der Waals surface area (Å²) >= 11 is 0. The zero-order valence-corrected chi connectivity index (χ0v) is 10.8. The van der Waals surface area contributed by atoms with E-state index in [2.05, 4.69) is 16.8 Å². The van der Waals surface area contributed by atoms with E-state index in [4.69, 9.17) is 5.11 Å². The van der Waals surface area contributed by atoms with Gasteiger partial charge in [0.2, 0.25) is 0 Å². The van der Waals surface area contributed by atoms with Crippen LogP contribution in [-0.4, -0.2) is 34.0 Å². The number of carbonyl (C=O) groups excluding carboxylic acids is 1. The fourth-order valence-corrected chi connectivity index (χ4v) is 1.53. The summed E-state index contributed by atoms with van der Waals surface area (Å²) in [5.41, 5.74) is -0.811. The molecule has 1 rings (SSSR count). The van der Waals surface area contributed by atoms with Gasteiger partial charge in [0.15, 0.2) is 0 Å². The first-order valence-corrected chi connectivity index (χ1v) is 5.71. The summed E-state index contributed by atoms with van der Waals surface area (Å²) in [6.07, 6.45) is -3.71. The van der Waals surface area contributed by atoms with Crippen LogP contribution in [-0.2, 0) is 17.4 Å². The number of allylic oxidation sites excluding steroid dienone is 1. The minimum atomic E-state index is -4.60. The minimum absolute atomic E-state index is 0.00742. The van der Waals surface area contributed by atoms with E-state index in [1.165, 1.54) is 6.92 Å². The van der Waals surface area contributed by atoms with Crippen LogP contribution in [0.5, 0.6) is 0 Å². The molecule has 1 N–H and O–H groups in total. The molecule has 1 heterocycles. The molecule has 20 heavy (non-hydrogen) atoms. The van der Waals surface area contributed by atoms with E-state index in [0.29, 0.717) is 4.68 Å². The van der Waals surface area contributed by atoms with Gasteiger partial charge in [0, 0.05) is 19.4 Å². The second-order valence-corrected chi connectivity index (χ2v) is 4.09. The first-order valence-electron chi connectivity index (χ1n) is 5.71. The van der Waals surface area contributed by atoms with Crippen LogP contribution in [0.4, 0.5) is 13.2 Å². The fraction of sp³-hybridized carbons (Fsp3) is 0.417. The number of ketones is 1. The quantitative estimate of drug-likeness (QED) is 0.813. The lowest BCUT2D eigenvalue weighted by molar-refractivity contribution is -0.142. The van der Waals surface area contributed by atoms with Crippen molar-refractivity contribution in [1.82, 2.24) is 9.78 Å². The molecule has 110 valence electrons. The van der Waals surface area contributed by atoms with Crippen LogP contribution < -0.4 is 0 Å². The van der Waals surface area contributed by atoms with Crippen molar-refractivity contribution in [3.05, 3.63) is 23.2 Å². The molecule has 0 atom stereocenters. The van der Waals surface area contributed by atoms with Crippen LogP contribution in [0.25, 0.3) is 6.20 Å². The van der Waals surface area contributed by atoms with Gasteiger partial charge in [-0.3, -0.25) is 9.79 Å². The predicted octanol–water partition coefficient (Wildman–Crippen LogP) is 1.91. The van der Waals surface area contributed by atoms with E-state index in [0.717, 1.165) is 12.3 Å². The van der Waals surface area contributed by atoms with Crippen LogP contribution in [0.2, 0.25) is 0 Å². The van der Waals surface area contributed by atoms with E-state index in [-0.39, 0.29) is 36.6 Å². The molecule has 0 spiro atoms. The zero-order valence-electron chi connectivity index (χ0n) is 10.8. The summed E-state index contributed by atoms with van der Waals surface area (Å²) in [5, 5.41) is 12.5. The van der Waals surface area contributed by atoms with Crippen LogP contribution in [0.3, 0.4) is 0 Å². The van der Waals surface area contributed by atoms with Gasteiger partial charge in [-0.25, -0.2) is 4.68 Å². The molecule has 0 fully saturated rings. The molecule has 8 heteroatoms. The van der Waals surface area contributed by atoms with Gasteiger partial charge < -0.3 is 5.11 Å². The highest BCUT2D eigenvalue weighted by atomic mass is 19.4. The molecule has 0 saturated heterocycles. The first kappa shape index (κ1) is 16.1. The van der Waals surface area contributed by atoms with Crippen molar-refractivity contribution >= 4 is 18.7 Å². The average molecular weight is 289 g/mol. The first-order chi connectivity index (χ1) is 9.27. The Morgan fingerprint density at radius 1 is 1.60 bits per heavy atom. The van der Waals surface area contributed by atoms with Crippen molar-refractivity contribution < 1.29 is 23.1 Å². The Bertz CT molecular complexity index is 533. The van der Waals surface area contributed by atoms with E-state index >= 15 is 0 Å². The molecule has 0 aromatic carbocycles. The molecule has 0 bridgehead atoms. The molecule has 0 unspecified atom stereocenters. The third kappa shape index (κ3) is 4.30. The summed E-state index contributed by atoms with van der Waals surface area (Å²) < 4.78 is 39.2. The number of aliphatic imine (C=N–C) groups is 1. The smallest absolute Gasteiger partial charge is 0.396 e. The zero-order chi connectivity index (χ0) is 15.3. The van der Waals surface area contributed by atoms with Gasteiger partial charge in [-0.05, 0) is 19.7 Å². The number of carbonyl (C=O) groups is 1. The number of hydrogen-bond acceptors (Lipinski definition) is 4. The maximum absolute atomic E-state index is 12.9. The number of aliphatic hydroxyl groups is 1. The lowest BCUT2D eigenvalue weighted by Crippen LogP contribution is -2.11. The molecule has 0 aliphatic carbocycles. The summed E-state index contributed by atoms with van der Waals surface area (Å²) in [7, 11) is 0. The largest absolute Gasteiger partial charge is 0.433 e. The van der Waals surface area contributed by atoms with Crippen LogP contribution >= 0.6 is 0 Å². The topological polar surface area (TPSA) is 67.5 Å². The number of hydrogen-bond donors (Lipinski definition) is 1. The van der Waals surface area contributed by atoms with E-state index < -0.39 is 11.9 Å². The number of aromatic nitrogens is 2. The highest BCUT2D eigenvalue weighted by Gasteiger charge is 2.35. The minimum Gasteiger partial charge on any atom is -0.396 e. The molecule has 0 amide bonds. The molecular formula is C12H14F3N3O2. The van der Waals surface area contributed by atoms with Crippen LogP contribution in [0, 0.1) is 0 Å². The molecule has 1 aromatic rings. The van der Waals surface area contributed by atoms with Crippen molar-refractivity contribution in [2.24, 2.45) is 4.99 Å². The Kier molecular flexibility index (Phi) is 5.20. The number of Topliss-reactive ketones (excluding diaryl/α,β-unsaturated/α-hetero) is 1. The lowest BCUT2D eigenvalue weighted by atomic mass is 10.2. The average Bonchev–Trinajstić information content (AvgIpc) is 2.71. The van der Waals surface area contributed by atoms with E-state index in [9.17, 15) is 18.0 Å². The van der Waals surface area contributed by atoms with Crippen molar-refractivity contribution in [2.45, 2.75) is 25.9 Å². The summed E-state index contributed by atoms with van der Waals surface area (Å²) in [6, 6.07) is 0.848. The second kappa shape index (κ2) is 6.47. The number of halogens is 3. The third-order valence-corrected chi connectivity index (χ3v) is 2.35. The molecule has 5 nitrogen and oxygen atoms in total. The molecule has 0 aliphatic heterocycles. The summed E-state index contributed by atoms with van der Waals surface area (Å²) in [6.45, 7) is 4.20. The van der Waals surface area contributed by atoms with E-state index in [1.807, 2.05) is 0 Å². The Morgan fingerprint density at radius 2 is 2.25 bits per heavy atom. The second-order valence-electron chi connectivity index (χ2n) is 4.09. The van der Waals surface area contributed by atoms with Gasteiger partial charge in [0.1, 0.15) is 11.5 Å². The SMILES string of the molecule is C=N/C(=C/n1nc(CCO)cc1C(F)(F)F)CC(C)=O. The maximum Gasteiger partial charge on any atom is 0.433 e. The number of alkyl halides is 3. The Hall–Kier alpha value is -1.96. The highest BCUT2D eigenvalue weighted by Crippen LogP contribution is 2.30. The predicted molar refractivity (Wildman–Crippen MR) is 67.1 cm³/mol. The lowest BCUT2D eigenvalue weighted by Gasteiger charge is -2.07. The van der Waals surface area contributed by atoms with Gasteiger partial charge in [0.05, 0.1) is 17.6 Å². The van der Waals surface area contributed by atoms with Crippen molar-refractivity contribution in [3.8, 4) is 0 Å². The molecule has 0 aliphatic rings. The number of nitrogens with zero attached hydrogens (tertiary/aromatic N) is 3. The van der Waals surface area contributed by atoms with Crippen molar-refractivity contribution in [3.63, 3.8) is 0 Å². The number of aliphatic hydroxyl groups excluding tert-OH is 1.